The number of amides is 1. The van der Waals surface area contributed by atoms with E-state index in [9.17, 15) is 4.79 Å². The van der Waals surface area contributed by atoms with Crippen LogP contribution in [0.5, 0.6) is 0 Å². The van der Waals surface area contributed by atoms with Crippen LogP contribution in [0.15, 0.2) is 6.07 Å². The maximum absolute atomic E-state index is 10.4. The highest BCUT2D eigenvalue weighted by Crippen LogP contribution is 2.19. The molecule has 2 nitrogen and oxygen atoms in total. The van der Waals surface area contributed by atoms with E-state index in [1.54, 1.807) is 0 Å². The summed E-state index contributed by atoms with van der Waals surface area (Å²) in [5.41, 5.74) is 4.91. The van der Waals surface area contributed by atoms with Crippen LogP contribution in [-0.4, -0.2) is 5.91 Å². The third kappa shape index (κ3) is 1.43. The van der Waals surface area contributed by atoms with Crippen molar-refractivity contribution in [2.75, 3.05) is 0 Å². The lowest BCUT2D eigenvalue weighted by Crippen LogP contribution is -2.08. The summed E-state index contributed by atoms with van der Waals surface area (Å²) >= 11 is 6.62. The average molecular weight is 161 g/mol. The molecular weight excluding hydrogens is 158 g/mol. The molecule has 0 saturated carbocycles. The van der Waals surface area contributed by atoms with E-state index in [0.717, 1.165) is 11.3 Å². The van der Waals surface area contributed by atoms with E-state index >= 15 is 0 Å². The fourth-order valence-electron chi connectivity index (χ4n) is 0.400. The van der Waals surface area contributed by atoms with Gasteiger partial charge >= 0.3 is 0 Å². The maximum atomic E-state index is 10.4. The minimum absolute atomic E-state index is 0.375. The highest BCUT2D eigenvalue weighted by atomic mass is 35.5. The monoisotopic (exact) mass is 160 g/mol. The van der Waals surface area contributed by atoms with Crippen molar-refractivity contribution in [2.45, 2.75) is 0 Å². The summed E-state index contributed by atoms with van der Waals surface area (Å²) < 4.78 is 0.531. The number of carbonyl (C=O) groups excluding carboxylic acids is 1. The summed E-state index contributed by atoms with van der Waals surface area (Å²) in [6, 6.07) is 4.14. The summed E-state index contributed by atoms with van der Waals surface area (Å²) in [6.45, 7) is 0. The lowest BCUT2D eigenvalue weighted by Gasteiger charge is -1.80. The Labute approximate surface area is 61.2 Å². The molecule has 1 radical (unpaired) electrons. The Bertz CT molecular complexity index is 233. The molecule has 0 aliphatic carbocycles. The van der Waals surface area contributed by atoms with Crippen LogP contribution in [0, 0.1) is 6.07 Å². The molecule has 0 atom stereocenters. The SMILES string of the molecule is NC(=O)c1[c]cc(Cl)s1. The third-order valence-corrected chi connectivity index (χ3v) is 1.92. The van der Waals surface area contributed by atoms with Gasteiger partial charge < -0.3 is 5.73 Å². The molecule has 1 amide bonds. The smallest absolute Gasteiger partial charge is 0.259 e. The van der Waals surface area contributed by atoms with Crippen LogP contribution in [0.2, 0.25) is 4.34 Å². The van der Waals surface area contributed by atoms with E-state index in [4.69, 9.17) is 17.3 Å². The van der Waals surface area contributed by atoms with Gasteiger partial charge in [0.05, 0.1) is 4.34 Å². The Balaban J connectivity index is 2.98. The zero-order chi connectivity index (χ0) is 6.85. The van der Waals surface area contributed by atoms with Gasteiger partial charge in [0.1, 0.15) is 4.88 Å². The first kappa shape index (κ1) is 6.58. The molecule has 0 aliphatic heterocycles. The van der Waals surface area contributed by atoms with Gasteiger partial charge in [-0.05, 0) is 6.07 Å². The Morgan fingerprint density at radius 1 is 1.89 bits per heavy atom. The van der Waals surface area contributed by atoms with Gasteiger partial charge in [0, 0.05) is 6.07 Å². The lowest BCUT2D eigenvalue weighted by molar-refractivity contribution is 0.100. The maximum Gasteiger partial charge on any atom is 0.259 e. The van der Waals surface area contributed by atoms with Gasteiger partial charge in [-0.3, -0.25) is 4.79 Å². The first-order valence-electron chi connectivity index (χ1n) is 2.17. The third-order valence-electron chi connectivity index (χ3n) is 0.740. The van der Waals surface area contributed by atoms with Crippen molar-refractivity contribution in [3.8, 4) is 0 Å². The quantitative estimate of drug-likeness (QED) is 0.661. The van der Waals surface area contributed by atoms with Crippen LogP contribution in [0.4, 0.5) is 0 Å². The van der Waals surface area contributed by atoms with E-state index in [1.165, 1.54) is 6.07 Å². The normalized spacial score (nSPS) is 9.44. The van der Waals surface area contributed by atoms with Crippen LogP contribution >= 0.6 is 22.9 Å². The number of primary amides is 1. The molecule has 0 spiro atoms. The number of hydrogen-bond acceptors (Lipinski definition) is 2. The minimum Gasteiger partial charge on any atom is -0.365 e. The van der Waals surface area contributed by atoms with Gasteiger partial charge in [0.25, 0.3) is 5.91 Å². The van der Waals surface area contributed by atoms with Crippen molar-refractivity contribution in [1.82, 2.24) is 0 Å². The van der Waals surface area contributed by atoms with E-state index < -0.39 is 5.91 Å². The van der Waals surface area contributed by atoms with Crippen molar-refractivity contribution >= 4 is 28.8 Å². The molecule has 0 unspecified atom stereocenters. The number of hydrogen-bond donors (Lipinski definition) is 1. The largest absolute Gasteiger partial charge is 0.365 e. The van der Waals surface area contributed by atoms with Crippen molar-refractivity contribution < 1.29 is 4.79 Å². The molecule has 1 rings (SSSR count). The first-order valence-corrected chi connectivity index (χ1v) is 3.36. The Morgan fingerprint density at radius 2 is 2.56 bits per heavy atom. The van der Waals surface area contributed by atoms with E-state index in [0.29, 0.717) is 9.21 Å². The molecule has 1 aromatic heterocycles. The summed E-state index contributed by atoms with van der Waals surface area (Å²) in [7, 11) is 0. The van der Waals surface area contributed by atoms with E-state index in [1.807, 2.05) is 0 Å². The Morgan fingerprint density at radius 3 is 2.78 bits per heavy atom. The van der Waals surface area contributed by atoms with Crippen molar-refractivity contribution in [1.29, 1.82) is 0 Å². The van der Waals surface area contributed by atoms with Gasteiger partial charge in [-0.1, -0.05) is 11.6 Å². The highest BCUT2D eigenvalue weighted by Gasteiger charge is 2.02. The molecule has 47 valence electrons. The van der Waals surface area contributed by atoms with Crippen LogP contribution < -0.4 is 5.73 Å². The predicted octanol–water partition coefficient (Wildman–Crippen LogP) is 1.30. The number of carbonyl (C=O) groups is 1. The minimum atomic E-state index is -0.480. The summed E-state index contributed by atoms with van der Waals surface area (Å²) in [4.78, 5) is 10.7. The van der Waals surface area contributed by atoms with Crippen molar-refractivity contribution in [3.63, 3.8) is 0 Å². The van der Waals surface area contributed by atoms with Gasteiger partial charge in [0.15, 0.2) is 0 Å². The molecule has 0 aromatic carbocycles. The molecule has 1 aromatic rings. The second-order valence-electron chi connectivity index (χ2n) is 1.39. The zero-order valence-electron chi connectivity index (χ0n) is 4.35. The van der Waals surface area contributed by atoms with E-state index in [-0.39, 0.29) is 0 Å². The standard InChI is InChI=1S/C5H3ClNOS/c6-4-2-1-3(9-4)5(7)8/h2H,(H2,7,8). The average Bonchev–Trinajstić information content (AvgIpc) is 2.14. The molecule has 1 heterocycles. The molecule has 0 fully saturated rings. The second-order valence-corrected chi connectivity index (χ2v) is 3.07. The fraction of sp³-hybridized carbons (Fsp3) is 0. The summed E-state index contributed by atoms with van der Waals surface area (Å²) in [6.07, 6.45) is 0. The van der Waals surface area contributed by atoms with Crippen LogP contribution in [0.1, 0.15) is 9.67 Å². The lowest BCUT2D eigenvalue weighted by atomic mass is 10.5. The Kier molecular flexibility index (Phi) is 1.73. The summed E-state index contributed by atoms with van der Waals surface area (Å²) in [5, 5.41) is 0. The molecule has 4 heteroatoms. The van der Waals surface area contributed by atoms with Crippen molar-refractivity contribution in [2.24, 2.45) is 5.73 Å². The van der Waals surface area contributed by atoms with Crippen molar-refractivity contribution in [3.05, 3.63) is 21.3 Å². The van der Waals surface area contributed by atoms with Crippen LogP contribution in [0.25, 0.3) is 0 Å². The predicted molar refractivity (Wildman–Crippen MR) is 36.7 cm³/mol. The van der Waals surface area contributed by atoms with Gasteiger partial charge in [-0.15, -0.1) is 11.3 Å². The summed E-state index contributed by atoms with van der Waals surface area (Å²) in [5.74, 6) is -0.480. The topological polar surface area (TPSA) is 43.1 Å². The second kappa shape index (κ2) is 2.37. The van der Waals surface area contributed by atoms with Gasteiger partial charge in [-0.2, -0.15) is 0 Å². The number of nitrogens with two attached hydrogens (primary N) is 1. The fourth-order valence-corrected chi connectivity index (χ4v) is 1.22. The molecular formula is C5H3ClNOS. The number of thiophene rings is 1. The molecule has 9 heavy (non-hydrogen) atoms. The van der Waals surface area contributed by atoms with Gasteiger partial charge in [0.2, 0.25) is 0 Å². The van der Waals surface area contributed by atoms with Gasteiger partial charge in [-0.25, -0.2) is 0 Å². The van der Waals surface area contributed by atoms with Crippen LogP contribution in [0.3, 0.4) is 0 Å². The molecule has 0 aliphatic rings. The highest BCUT2D eigenvalue weighted by molar-refractivity contribution is 7.17. The Hall–Kier alpha value is -0.540. The molecule has 2 N–H and O–H groups in total. The van der Waals surface area contributed by atoms with Crippen LogP contribution in [-0.2, 0) is 0 Å². The first-order chi connectivity index (χ1) is 4.20. The molecule has 0 bridgehead atoms. The zero-order valence-corrected chi connectivity index (χ0v) is 5.92. The number of rotatable bonds is 1. The van der Waals surface area contributed by atoms with E-state index in [2.05, 4.69) is 6.07 Å². The number of halogens is 1. The molecule has 0 saturated heterocycles.